The van der Waals surface area contributed by atoms with Gasteiger partial charge in [-0.25, -0.2) is 4.79 Å². The summed E-state index contributed by atoms with van der Waals surface area (Å²) in [5, 5.41) is 10.0. The van der Waals surface area contributed by atoms with Crippen molar-refractivity contribution in [3.8, 4) is 6.07 Å². The molecule has 0 aliphatic carbocycles. The highest BCUT2D eigenvalue weighted by Gasteiger charge is 2.48. The van der Waals surface area contributed by atoms with Gasteiger partial charge in [-0.1, -0.05) is 39.0 Å². The number of esters is 3. The summed E-state index contributed by atoms with van der Waals surface area (Å²) >= 11 is 0. The van der Waals surface area contributed by atoms with Crippen molar-refractivity contribution in [3.05, 3.63) is 23.8 Å². The number of nitriles is 1. The fraction of sp³-hybridized carbons (Fsp3) is 0.680. The maximum absolute atomic E-state index is 13.0. The van der Waals surface area contributed by atoms with Crippen LogP contribution in [0.15, 0.2) is 23.8 Å². The van der Waals surface area contributed by atoms with Gasteiger partial charge in [0, 0.05) is 0 Å². The van der Waals surface area contributed by atoms with Crippen molar-refractivity contribution in [1.82, 2.24) is 0 Å². The van der Waals surface area contributed by atoms with Crippen LogP contribution in [0.5, 0.6) is 0 Å². The molecule has 0 aromatic heterocycles. The average Bonchev–Trinajstić information content (AvgIpc) is 2.75. The minimum atomic E-state index is -1.64. The van der Waals surface area contributed by atoms with Crippen molar-refractivity contribution in [2.75, 3.05) is 19.8 Å². The molecule has 0 aromatic carbocycles. The van der Waals surface area contributed by atoms with Crippen LogP contribution in [0.2, 0.25) is 0 Å². The molecule has 0 bridgehead atoms. The number of ether oxygens (including phenoxy) is 3. The van der Waals surface area contributed by atoms with E-state index in [1.807, 2.05) is 20.8 Å². The first-order chi connectivity index (χ1) is 15.1. The second-order valence-corrected chi connectivity index (χ2v) is 7.77. The zero-order valence-electron chi connectivity index (χ0n) is 20.7. The molecule has 0 rings (SSSR count). The molecule has 0 aliphatic heterocycles. The van der Waals surface area contributed by atoms with Gasteiger partial charge in [-0.15, -0.1) is 0 Å². The molecule has 0 saturated heterocycles. The first-order valence-electron chi connectivity index (χ1n) is 11.4. The molecule has 7 heteroatoms. The Morgan fingerprint density at radius 2 is 1.41 bits per heavy atom. The summed E-state index contributed by atoms with van der Waals surface area (Å²) in [6, 6.07) is 2.15. The highest BCUT2D eigenvalue weighted by molar-refractivity contribution is 6.02. The van der Waals surface area contributed by atoms with Crippen molar-refractivity contribution in [1.29, 1.82) is 5.26 Å². The summed E-state index contributed by atoms with van der Waals surface area (Å²) in [6.07, 6.45) is 5.93. The van der Waals surface area contributed by atoms with E-state index >= 15 is 0 Å². The lowest BCUT2D eigenvalue weighted by atomic mass is 9.73. The fourth-order valence-electron chi connectivity index (χ4n) is 3.59. The molecule has 0 N–H and O–H groups in total. The van der Waals surface area contributed by atoms with Gasteiger partial charge in [0.2, 0.25) is 0 Å². The van der Waals surface area contributed by atoms with Gasteiger partial charge in [0.25, 0.3) is 0 Å². The van der Waals surface area contributed by atoms with Gasteiger partial charge in [-0.3, -0.25) is 9.59 Å². The third kappa shape index (κ3) is 7.22. The Labute approximate surface area is 192 Å². The van der Waals surface area contributed by atoms with Crippen molar-refractivity contribution in [3.63, 3.8) is 0 Å². The van der Waals surface area contributed by atoms with Crippen LogP contribution < -0.4 is 0 Å². The van der Waals surface area contributed by atoms with E-state index in [2.05, 4.69) is 6.07 Å². The Morgan fingerprint density at radius 1 is 0.906 bits per heavy atom. The van der Waals surface area contributed by atoms with Gasteiger partial charge in [0.05, 0.1) is 25.9 Å². The summed E-state index contributed by atoms with van der Waals surface area (Å²) in [6.45, 7) is 12.9. The molecule has 1 unspecified atom stereocenters. The van der Waals surface area contributed by atoms with E-state index < -0.39 is 28.7 Å². The number of nitrogens with zero attached hydrogens (tertiary/aromatic N) is 1. The molecule has 7 nitrogen and oxygen atoms in total. The van der Waals surface area contributed by atoms with E-state index in [4.69, 9.17) is 14.2 Å². The predicted octanol–water partition coefficient (Wildman–Crippen LogP) is 4.91. The van der Waals surface area contributed by atoms with Crippen LogP contribution in [0.4, 0.5) is 0 Å². The third-order valence-electron chi connectivity index (χ3n) is 5.26. The van der Waals surface area contributed by atoms with Crippen molar-refractivity contribution in [2.45, 2.75) is 74.1 Å². The van der Waals surface area contributed by atoms with Gasteiger partial charge in [-0.2, -0.15) is 5.26 Å². The summed E-state index contributed by atoms with van der Waals surface area (Å²) < 4.78 is 15.7. The SMILES string of the molecule is C/C=C(\CC)C(C#N)(CCCC(/C=C/C(C)C)(C(=O)OCC)C(=O)OCC)C(=O)OCC. The maximum atomic E-state index is 13.0. The predicted molar refractivity (Wildman–Crippen MR) is 122 cm³/mol. The molecule has 0 spiro atoms. The first kappa shape index (κ1) is 29.4. The van der Waals surface area contributed by atoms with E-state index in [0.29, 0.717) is 12.0 Å². The molecular weight excluding hydrogens is 410 g/mol. The minimum Gasteiger partial charge on any atom is -0.465 e. The van der Waals surface area contributed by atoms with Crippen molar-refractivity contribution >= 4 is 17.9 Å². The van der Waals surface area contributed by atoms with Crippen LogP contribution in [-0.4, -0.2) is 37.7 Å². The van der Waals surface area contributed by atoms with E-state index in [9.17, 15) is 19.6 Å². The average molecular weight is 450 g/mol. The lowest BCUT2D eigenvalue weighted by Crippen LogP contribution is -2.41. The van der Waals surface area contributed by atoms with Crippen LogP contribution in [0.1, 0.15) is 74.1 Å². The molecule has 180 valence electrons. The normalized spacial score (nSPS) is 14.0. The van der Waals surface area contributed by atoms with E-state index in [1.54, 1.807) is 45.9 Å². The largest absolute Gasteiger partial charge is 0.465 e. The number of hydrogen-bond donors (Lipinski definition) is 0. The smallest absolute Gasteiger partial charge is 0.330 e. The monoisotopic (exact) mass is 449 g/mol. The Morgan fingerprint density at radius 3 is 1.78 bits per heavy atom. The minimum absolute atomic E-state index is 0.0391. The fourth-order valence-corrected chi connectivity index (χ4v) is 3.59. The summed E-state index contributed by atoms with van der Waals surface area (Å²) in [4.78, 5) is 38.7. The summed E-state index contributed by atoms with van der Waals surface area (Å²) in [5.74, 6) is -1.93. The molecule has 0 amide bonds. The van der Waals surface area contributed by atoms with Gasteiger partial charge in [-0.05, 0) is 64.9 Å². The molecule has 32 heavy (non-hydrogen) atoms. The second kappa shape index (κ2) is 14.4. The van der Waals surface area contributed by atoms with Gasteiger partial charge in [0.15, 0.2) is 10.8 Å². The Balaban J connectivity index is 6.23. The number of carbonyl (C=O) groups is 3. The number of carbonyl (C=O) groups excluding carboxylic acids is 3. The molecule has 0 aliphatic rings. The molecule has 0 aromatic rings. The Kier molecular flexibility index (Phi) is 13.3. The van der Waals surface area contributed by atoms with E-state index in [-0.39, 0.29) is 45.0 Å². The summed E-state index contributed by atoms with van der Waals surface area (Å²) in [5.41, 5.74) is -2.47. The highest BCUT2D eigenvalue weighted by Crippen LogP contribution is 2.39. The van der Waals surface area contributed by atoms with Crippen LogP contribution in [0.3, 0.4) is 0 Å². The van der Waals surface area contributed by atoms with Crippen molar-refractivity contribution < 1.29 is 28.6 Å². The lowest BCUT2D eigenvalue weighted by Gasteiger charge is -2.30. The molecule has 0 saturated carbocycles. The third-order valence-corrected chi connectivity index (χ3v) is 5.26. The second-order valence-electron chi connectivity index (χ2n) is 7.77. The standard InChI is InChI=1S/C25H39NO6/c1-8-20(9-2)25(18-26,23(29)32-12-5)16-13-15-24(17-14-19(6)7,21(27)30-10-3)22(28)31-11-4/h8,14,17,19H,9-13,15-16H2,1-7H3/b17-14+,20-8+. The molecule has 1 atom stereocenters. The maximum Gasteiger partial charge on any atom is 0.330 e. The van der Waals surface area contributed by atoms with Crippen LogP contribution in [0, 0.1) is 28.1 Å². The lowest BCUT2D eigenvalue weighted by molar-refractivity contribution is -0.168. The van der Waals surface area contributed by atoms with E-state index in [1.165, 1.54) is 0 Å². The Hall–Kier alpha value is -2.62. The topological polar surface area (TPSA) is 103 Å². The highest BCUT2D eigenvalue weighted by atomic mass is 16.6. The van der Waals surface area contributed by atoms with E-state index in [0.717, 1.165) is 0 Å². The summed E-state index contributed by atoms with van der Waals surface area (Å²) in [7, 11) is 0. The van der Waals surface area contributed by atoms with Crippen LogP contribution in [0.25, 0.3) is 0 Å². The number of hydrogen-bond acceptors (Lipinski definition) is 7. The number of allylic oxidation sites excluding steroid dienone is 2. The van der Waals surface area contributed by atoms with Crippen LogP contribution in [-0.2, 0) is 28.6 Å². The molecule has 0 heterocycles. The molecule has 0 fully saturated rings. The number of rotatable bonds is 14. The van der Waals surface area contributed by atoms with Gasteiger partial charge >= 0.3 is 17.9 Å². The van der Waals surface area contributed by atoms with Gasteiger partial charge < -0.3 is 14.2 Å². The quantitative estimate of drug-likeness (QED) is 0.161. The van der Waals surface area contributed by atoms with Crippen molar-refractivity contribution in [2.24, 2.45) is 16.7 Å². The first-order valence-corrected chi connectivity index (χ1v) is 11.4. The zero-order valence-corrected chi connectivity index (χ0v) is 20.7. The Bertz CT molecular complexity index is 713. The molecular formula is C25H39NO6. The molecule has 0 radical (unpaired) electrons. The zero-order chi connectivity index (χ0) is 24.8. The van der Waals surface area contributed by atoms with Crippen LogP contribution >= 0.6 is 0 Å². The van der Waals surface area contributed by atoms with Gasteiger partial charge in [0.1, 0.15) is 0 Å².